The summed E-state index contributed by atoms with van der Waals surface area (Å²) in [5.41, 5.74) is 0.463. The van der Waals surface area contributed by atoms with E-state index in [9.17, 15) is 13.6 Å². The van der Waals surface area contributed by atoms with Crippen LogP contribution in [0.3, 0.4) is 0 Å². The van der Waals surface area contributed by atoms with Crippen LogP contribution in [0.5, 0.6) is 0 Å². The maximum Gasteiger partial charge on any atom is 0.251 e. The normalized spacial score (nSPS) is 12.0. The number of halogens is 3. The topological polar surface area (TPSA) is 77.6 Å². The predicted molar refractivity (Wildman–Crippen MR) is 113 cm³/mol. The molecule has 1 aromatic carbocycles. The van der Waals surface area contributed by atoms with Gasteiger partial charge in [-0.2, -0.15) is 5.10 Å². The van der Waals surface area contributed by atoms with Gasteiger partial charge in [-0.15, -0.1) is 0 Å². The minimum atomic E-state index is -0.666. The second-order valence-electron chi connectivity index (χ2n) is 6.87. The Morgan fingerprint density at radius 3 is 2.61 bits per heavy atom. The van der Waals surface area contributed by atoms with Gasteiger partial charge in [0, 0.05) is 30.9 Å². The van der Waals surface area contributed by atoms with Crippen molar-refractivity contribution in [2.24, 2.45) is 7.05 Å². The molecule has 0 amide bonds. The van der Waals surface area contributed by atoms with Crippen LogP contribution in [0.4, 0.5) is 20.5 Å². The van der Waals surface area contributed by atoms with Crippen molar-refractivity contribution in [2.75, 3.05) is 5.32 Å². The lowest BCUT2D eigenvalue weighted by molar-refractivity contribution is 0.593. The second kappa shape index (κ2) is 8.27. The fraction of sp³-hybridized carbons (Fsp3) is 0.143. The van der Waals surface area contributed by atoms with E-state index in [-0.39, 0.29) is 22.2 Å². The quantitative estimate of drug-likeness (QED) is 0.498. The number of nitrogens with one attached hydrogen (secondary N) is 1. The predicted octanol–water partition coefficient (Wildman–Crippen LogP) is 4.32. The molecule has 7 nitrogen and oxygen atoms in total. The highest BCUT2D eigenvalue weighted by molar-refractivity contribution is 6.30. The second-order valence-corrected chi connectivity index (χ2v) is 7.27. The van der Waals surface area contributed by atoms with Crippen molar-refractivity contribution in [3.8, 4) is 11.3 Å². The summed E-state index contributed by atoms with van der Waals surface area (Å²) >= 11 is 5.73. The zero-order chi connectivity index (χ0) is 22.1. The Morgan fingerprint density at radius 1 is 1.13 bits per heavy atom. The van der Waals surface area contributed by atoms with E-state index in [2.05, 4.69) is 20.4 Å². The molecule has 1 N–H and O–H groups in total. The monoisotopic (exact) mass is 442 g/mol. The summed E-state index contributed by atoms with van der Waals surface area (Å²) in [4.78, 5) is 20.9. The summed E-state index contributed by atoms with van der Waals surface area (Å²) in [5.74, 6) is -0.445. The van der Waals surface area contributed by atoms with E-state index in [1.807, 2.05) is 0 Å². The van der Waals surface area contributed by atoms with E-state index in [4.69, 9.17) is 11.6 Å². The number of benzene rings is 1. The molecule has 3 heterocycles. The van der Waals surface area contributed by atoms with Gasteiger partial charge in [0.2, 0.25) is 5.95 Å². The van der Waals surface area contributed by atoms with Crippen molar-refractivity contribution < 1.29 is 8.78 Å². The van der Waals surface area contributed by atoms with Crippen LogP contribution in [0.2, 0.25) is 5.02 Å². The average molecular weight is 443 g/mol. The summed E-state index contributed by atoms with van der Waals surface area (Å²) < 4.78 is 31.2. The molecule has 3 aromatic heterocycles. The molecule has 0 radical (unpaired) electrons. The first-order valence-corrected chi connectivity index (χ1v) is 9.66. The van der Waals surface area contributed by atoms with Gasteiger partial charge in [-0.1, -0.05) is 17.7 Å². The van der Waals surface area contributed by atoms with E-state index in [0.717, 1.165) is 6.20 Å². The van der Waals surface area contributed by atoms with Gasteiger partial charge >= 0.3 is 0 Å². The SMILES string of the molecule is C[C@H](c1ccc(Cl)c(F)c1)n1ccc(-c2nc(Nc3ccnn3C)ncc2F)cc1=O. The molecule has 0 saturated carbocycles. The molecular formula is C21H17ClF2N6O. The van der Waals surface area contributed by atoms with Gasteiger partial charge in [0.05, 0.1) is 23.5 Å². The number of hydrogen-bond acceptors (Lipinski definition) is 5. The first-order valence-electron chi connectivity index (χ1n) is 9.28. The van der Waals surface area contributed by atoms with Crippen LogP contribution in [0.25, 0.3) is 11.3 Å². The molecular weight excluding hydrogens is 426 g/mol. The third kappa shape index (κ3) is 4.17. The highest BCUT2D eigenvalue weighted by atomic mass is 35.5. The Labute approximate surface area is 181 Å². The summed E-state index contributed by atoms with van der Waals surface area (Å²) in [6, 6.07) is 8.49. The van der Waals surface area contributed by atoms with Crippen molar-refractivity contribution in [3.63, 3.8) is 0 Å². The van der Waals surface area contributed by atoms with Gasteiger partial charge in [-0.25, -0.2) is 18.7 Å². The smallest absolute Gasteiger partial charge is 0.251 e. The number of aryl methyl sites for hydroxylation is 1. The van der Waals surface area contributed by atoms with Crippen LogP contribution in [0.15, 0.2) is 59.8 Å². The maximum absolute atomic E-state index is 14.4. The molecule has 4 rings (SSSR count). The molecule has 158 valence electrons. The van der Waals surface area contributed by atoms with E-state index in [1.165, 1.54) is 29.0 Å². The lowest BCUT2D eigenvalue weighted by atomic mass is 10.1. The lowest BCUT2D eigenvalue weighted by Crippen LogP contribution is -2.23. The third-order valence-electron chi connectivity index (χ3n) is 4.87. The first kappa shape index (κ1) is 20.7. The van der Waals surface area contributed by atoms with E-state index in [1.54, 1.807) is 43.0 Å². The van der Waals surface area contributed by atoms with Crippen molar-refractivity contribution in [2.45, 2.75) is 13.0 Å². The molecule has 0 unspecified atom stereocenters. The Balaban J connectivity index is 1.66. The number of pyridine rings is 1. The third-order valence-corrected chi connectivity index (χ3v) is 5.18. The molecule has 0 aliphatic carbocycles. The fourth-order valence-corrected chi connectivity index (χ4v) is 3.25. The highest BCUT2D eigenvalue weighted by Crippen LogP contribution is 2.24. The maximum atomic E-state index is 14.4. The van der Waals surface area contributed by atoms with Gasteiger partial charge < -0.3 is 9.88 Å². The molecule has 0 aliphatic heterocycles. The molecule has 0 spiro atoms. The van der Waals surface area contributed by atoms with Crippen molar-refractivity contribution >= 4 is 23.4 Å². The summed E-state index contributed by atoms with van der Waals surface area (Å²) in [7, 11) is 1.74. The Hall–Kier alpha value is -3.59. The molecule has 0 aliphatic rings. The Kier molecular flexibility index (Phi) is 5.51. The standard InChI is InChI=1S/C21H17ClF2N6O/c1-12(13-3-4-15(22)16(23)9-13)30-8-6-14(10-19(30)31)20-17(24)11-25-21(28-20)27-18-5-7-26-29(18)2/h3-12H,1-2H3,(H,25,27,28)/t12-/m1/s1. The molecule has 0 saturated heterocycles. The first-order chi connectivity index (χ1) is 14.8. The van der Waals surface area contributed by atoms with Gasteiger partial charge in [0.15, 0.2) is 5.82 Å². The van der Waals surface area contributed by atoms with E-state index >= 15 is 0 Å². The Bertz CT molecular complexity index is 1320. The number of anilines is 2. The average Bonchev–Trinajstić information content (AvgIpc) is 3.15. The van der Waals surface area contributed by atoms with Gasteiger partial charge in [-0.3, -0.25) is 9.48 Å². The van der Waals surface area contributed by atoms with Crippen LogP contribution in [0, 0.1) is 11.6 Å². The van der Waals surface area contributed by atoms with Gasteiger partial charge in [-0.05, 0) is 30.7 Å². The van der Waals surface area contributed by atoms with Gasteiger partial charge in [0.25, 0.3) is 5.56 Å². The van der Waals surface area contributed by atoms with Crippen molar-refractivity contribution in [3.05, 3.63) is 87.6 Å². The van der Waals surface area contributed by atoms with E-state index in [0.29, 0.717) is 16.9 Å². The summed E-state index contributed by atoms with van der Waals surface area (Å²) in [6.45, 7) is 1.75. The number of aromatic nitrogens is 5. The zero-order valence-corrected chi connectivity index (χ0v) is 17.3. The minimum absolute atomic E-state index is 0.00779. The van der Waals surface area contributed by atoms with Crippen LogP contribution in [-0.4, -0.2) is 24.3 Å². The minimum Gasteiger partial charge on any atom is -0.309 e. The lowest BCUT2D eigenvalue weighted by Gasteiger charge is -2.16. The van der Waals surface area contributed by atoms with Crippen LogP contribution < -0.4 is 10.9 Å². The van der Waals surface area contributed by atoms with Crippen molar-refractivity contribution in [1.29, 1.82) is 0 Å². The van der Waals surface area contributed by atoms with Crippen LogP contribution in [-0.2, 0) is 7.05 Å². The summed E-state index contributed by atoms with van der Waals surface area (Å²) in [6.07, 6.45) is 4.15. The highest BCUT2D eigenvalue weighted by Gasteiger charge is 2.15. The van der Waals surface area contributed by atoms with Gasteiger partial charge in [0.1, 0.15) is 17.3 Å². The summed E-state index contributed by atoms with van der Waals surface area (Å²) in [5, 5.41) is 6.99. The number of rotatable bonds is 5. The largest absolute Gasteiger partial charge is 0.309 e. The number of hydrogen-bond donors (Lipinski definition) is 1. The fourth-order valence-electron chi connectivity index (χ4n) is 3.13. The van der Waals surface area contributed by atoms with Crippen LogP contribution >= 0.6 is 11.6 Å². The molecule has 31 heavy (non-hydrogen) atoms. The molecule has 4 aromatic rings. The molecule has 0 fully saturated rings. The van der Waals surface area contributed by atoms with E-state index < -0.39 is 17.7 Å². The molecule has 1 atom stereocenters. The molecule has 0 bridgehead atoms. The molecule has 10 heteroatoms. The van der Waals surface area contributed by atoms with Crippen molar-refractivity contribution in [1.82, 2.24) is 24.3 Å². The zero-order valence-electron chi connectivity index (χ0n) is 16.6. The number of nitrogens with zero attached hydrogens (tertiary/aromatic N) is 5. The van der Waals surface area contributed by atoms with Crippen LogP contribution in [0.1, 0.15) is 18.5 Å². The Morgan fingerprint density at radius 2 is 1.94 bits per heavy atom.